The van der Waals surface area contributed by atoms with E-state index in [-0.39, 0.29) is 0 Å². The Morgan fingerprint density at radius 2 is 1.55 bits per heavy atom. The van der Waals surface area contributed by atoms with Crippen LogP contribution < -0.4 is 5.32 Å². The molecule has 1 aliphatic heterocycles. The van der Waals surface area contributed by atoms with E-state index in [2.05, 4.69) is 30.0 Å². The molecule has 0 aliphatic carbocycles. The second-order valence-electron chi connectivity index (χ2n) is 3.16. The van der Waals surface area contributed by atoms with Crippen LogP contribution in [-0.4, -0.2) is 30.8 Å². The minimum atomic E-state index is 1.25. The van der Waals surface area contributed by atoms with Crippen molar-refractivity contribution < 1.29 is 0 Å². The zero-order chi connectivity index (χ0) is 8.36. The molecule has 2 heteroatoms. The van der Waals surface area contributed by atoms with Gasteiger partial charge < -0.3 is 5.32 Å². The van der Waals surface area contributed by atoms with Gasteiger partial charge in [0.1, 0.15) is 0 Å². The molecule has 1 heterocycles. The molecule has 0 aromatic carbocycles. The van der Waals surface area contributed by atoms with E-state index >= 15 is 0 Å². The second-order valence-corrected chi connectivity index (χ2v) is 3.16. The third-order valence-corrected chi connectivity index (χ3v) is 1.96. The van der Waals surface area contributed by atoms with Crippen molar-refractivity contribution in [3.05, 3.63) is 0 Å². The molecule has 0 amide bonds. The van der Waals surface area contributed by atoms with Crippen LogP contribution in [0.1, 0.15) is 39.0 Å². The van der Waals surface area contributed by atoms with Crippen LogP contribution in [0.25, 0.3) is 0 Å². The van der Waals surface area contributed by atoms with Gasteiger partial charge in [-0.1, -0.05) is 12.8 Å². The van der Waals surface area contributed by atoms with Gasteiger partial charge in [-0.05, 0) is 25.9 Å². The fraction of sp³-hybridized carbons (Fsp3) is 1.00. The Labute approximate surface area is 80.5 Å². The van der Waals surface area contributed by atoms with Gasteiger partial charge in [0.2, 0.25) is 0 Å². The predicted molar refractivity (Wildman–Crippen MR) is 52.2 cm³/mol. The van der Waals surface area contributed by atoms with Crippen LogP contribution >= 0.6 is 0 Å². The van der Waals surface area contributed by atoms with Gasteiger partial charge in [-0.2, -0.15) is 0 Å². The fourth-order valence-electron chi connectivity index (χ4n) is 0.979. The van der Waals surface area contributed by atoms with Crippen molar-refractivity contribution in [2.24, 2.45) is 0 Å². The summed E-state index contributed by atoms with van der Waals surface area (Å²) in [6.07, 6.45) is 6.97. The Kier molecular flexibility index (Phi) is 11.1. The number of hydrogen-bond acceptors (Lipinski definition) is 1. The van der Waals surface area contributed by atoms with E-state index in [0.29, 0.717) is 0 Å². The van der Waals surface area contributed by atoms with E-state index in [1.165, 1.54) is 50.3 Å². The second kappa shape index (κ2) is 10.6. The van der Waals surface area contributed by atoms with Crippen LogP contribution in [0.15, 0.2) is 0 Å². The van der Waals surface area contributed by atoms with Crippen LogP contribution in [0, 0.1) is 0 Å². The topological polar surface area (TPSA) is 12.0 Å². The molecular formula is C9H20LiN. The van der Waals surface area contributed by atoms with Crippen LogP contribution in [0.4, 0.5) is 0 Å². The minimum absolute atomic E-state index is 1.25. The molecule has 1 nitrogen and oxygen atoms in total. The molecule has 1 rings (SSSR count). The zero-order valence-corrected chi connectivity index (χ0v) is 8.16. The maximum absolute atomic E-state index is 3.35. The monoisotopic (exact) mass is 149 g/mol. The molecular weight excluding hydrogens is 129 g/mol. The summed E-state index contributed by atoms with van der Waals surface area (Å²) in [5.74, 6) is 0. The molecule has 1 fully saturated rings. The summed E-state index contributed by atoms with van der Waals surface area (Å²) in [6.45, 7) is 4.68. The number of nitrogens with one attached hydrogen (secondary N) is 1. The van der Waals surface area contributed by atoms with E-state index in [1.807, 2.05) is 0 Å². The molecule has 1 aliphatic rings. The van der Waals surface area contributed by atoms with Crippen molar-refractivity contribution in [2.45, 2.75) is 44.1 Å². The van der Waals surface area contributed by atoms with Crippen molar-refractivity contribution in [1.82, 2.24) is 5.32 Å². The van der Waals surface area contributed by atoms with Crippen molar-refractivity contribution in [3.8, 4) is 0 Å². The quantitative estimate of drug-likeness (QED) is 0.563. The first-order chi connectivity index (χ1) is 5.41. The van der Waals surface area contributed by atoms with Crippen LogP contribution in [-0.2, 0) is 0 Å². The first-order valence-electron chi connectivity index (χ1n) is 5.12. The van der Waals surface area contributed by atoms with Crippen molar-refractivity contribution >= 4 is 17.7 Å². The van der Waals surface area contributed by atoms with Crippen molar-refractivity contribution in [2.75, 3.05) is 13.1 Å². The predicted octanol–water partition coefficient (Wildman–Crippen LogP) is 2.13. The van der Waals surface area contributed by atoms with Crippen LogP contribution in [0.3, 0.4) is 0 Å². The summed E-state index contributed by atoms with van der Waals surface area (Å²) in [5, 5.41) is 4.67. The van der Waals surface area contributed by atoms with Gasteiger partial charge >= 0.3 is 36.2 Å². The van der Waals surface area contributed by atoms with Gasteiger partial charge in [0.15, 0.2) is 0 Å². The molecule has 0 atom stereocenters. The number of hydrogen-bond donors (Lipinski definition) is 1. The molecule has 0 aromatic heterocycles. The average molecular weight is 149 g/mol. The molecule has 1 N–H and O–H groups in total. The summed E-state index contributed by atoms with van der Waals surface area (Å²) in [7, 11) is 0. The molecule has 0 spiro atoms. The molecule has 0 unspecified atom stereocenters. The van der Waals surface area contributed by atoms with Gasteiger partial charge in [-0.3, -0.25) is 0 Å². The Hall–Kier alpha value is 0.557. The SMILES string of the molecule is C1CCCNCC1.[Li][CH2]CC. The average Bonchev–Trinajstić information content (AvgIpc) is 2.35. The normalized spacial score (nSPS) is 18.1. The summed E-state index contributed by atoms with van der Waals surface area (Å²) in [5.41, 5.74) is 0. The van der Waals surface area contributed by atoms with Crippen molar-refractivity contribution in [1.29, 1.82) is 0 Å². The van der Waals surface area contributed by atoms with Gasteiger partial charge in [-0.25, -0.2) is 0 Å². The van der Waals surface area contributed by atoms with Gasteiger partial charge in [0, 0.05) is 0 Å². The van der Waals surface area contributed by atoms with E-state index in [0.717, 1.165) is 0 Å². The summed E-state index contributed by atoms with van der Waals surface area (Å²) in [4.78, 5) is 0. The van der Waals surface area contributed by atoms with E-state index < -0.39 is 0 Å². The summed E-state index contributed by atoms with van der Waals surface area (Å²) < 4.78 is 0. The Balaban J connectivity index is 0.000000218. The Morgan fingerprint density at radius 3 is 1.91 bits per heavy atom. The van der Waals surface area contributed by atoms with Gasteiger partial charge in [0.25, 0.3) is 0 Å². The fourth-order valence-corrected chi connectivity index (χ4v) is 0.979. The van der Waals surface area contributed by atoms with Crippen molar-refractivity contribution in [3.63, 3.8) is 0 Å². The molecule has 62 valence electrons. The van der Waals surface area contributed by atoms with Gasteiger partial charge in [-0.15, -0.1) is 0 Å². The zero-order valence-electron chi connectivity index (χ0n) is 8.16. The Bertz CT molecular complexity index is 44.9. The third kappa shape index (κ3) is 10.6. The van der Waals surface area contributed by atoms with Gasteiger partial charge in [0.05, 0.1) is 0 Å². The third-order valence-electron chi connectivity index (χ3n) is 1.96. The Morgan fingerprint density at radius 1 is 1.09 bits per heavy atom. The molecule has 11 heavy (non-hydrogen) atoms. The van der Waals surface area contributed by atoms with Crippen LogP contribution in [0.5, 0.6) is 0 Å². The maximum atomic E-state index is 3.35. The number of rotatable bonds is 1. The first kappa shape index (κ1) is 11.6. The van der Waals surface area contributed by atoms with E-state index in [4.69, 9.17) is 0 Å². The van der Waals surface area contributed by atoms with Crippen LogP contribution in [0.2, 0.25) is 5.09 Å². The van der Waals surface area contributed by atoms with E-state index in [1.54, 1.807) is 0 Å². The molecule has 1 saturated heterocycles. The molecule has 0 saturated carbocycles. The van der Waals surface area contributed by atoms with E-state index in [9.17, 15) is 0 Å². The standard InChI is InChI=1S/C6H13N.C3H7.Li/c1-2-4-6-7-5-3-1;1-3-2;/h7H,1-6H2;1,3H2,2H3;. The first-order valence-corrected chi connectivity index (χ1v) is 5.12. The molecule has 0 aromatic rings. The summed E-state index contributed by atoms with van der Waals surface area (Å²) in [6, 6.07) is 0. The summed E-state index contributed by atoms with van der Waals surface area (Å²) >= 11 is 2.18. The molecule has 0 radical (unpaired) electrons. The molecule has 0 bridgehead atoms.